The molecule has 0 heterocycles. The van der Waals surface area contributed by atoms with Crippen LogP contribution in [0.2, 0.25) is 5.02 Å². The van der Waals surface area contributed by atoms with E-state index in [9.17, 15) is 13.2 Å². The minimum atomic E-state index is -3.87. The van der Waals surface area contributed by atoms with E-state index in [-0.39, 0.29) is 15.6 Å². The molecule has 0 aliphatic heterocycles. The number of hydrogen-bond donors (Lipinski definition) is 2. The van der Waals surface area contributed by atoms with Gasteiger partial charge in [-0.1, -0.05) is 25.4 Å². The number of halogens is 1. The van der Waals surface area contributed by atoms with Crippen LogP contribution in [0.25, 0.3) is 0 Å². The second-order valence-corrected chi connectivity index (χ2v) is 7.99. The summed E-state index contributed by atoms with van der Waals surface area (Å²) < 4.78 is 24.9. The van der Waals surface area contributed by atoms with Gasteiger partial charge in [-0.05, 0) is 37.5 Å². The maximum Gasteiger partial charge on any atom is 0.238 e. The predicted molar refractivity (Wildman–Crippen MR) is 85.0 cm³/mol. The van der Waals surface area contributed by atoms with Crippen LogP contribution < -0.4 is 11.1 Å². The molecule has 0 radical (unpaired) electrons. The topological polar surface area (TPSA) is 89.3 Å². The van der Waals surface area contributed by atoms with Crippen molar-refractivity contribution in [2.45, 2.75) is 37.3 Å². The van der Waals surface area contributed by atoms with Gasteiger partial charge >= 0.3 is 0 Å². The normalized spacial score (nSPS) is 13.2. The maximum atomic E-state index is 12.4. The summed E-state index contributed by atoms with van der Waals surface area (Å²) >= 11 is 5.91. The van der Waals surface area contributed by atoms with Gasteiger partial charge in [0.15, 0.2) is 9.84 Å². The number of carbonyl (C=O) groups is 1. The molecular formula is C14H21ClN2O3S. The summed E-state index contributed by atoms with van der Waals surface area (Å²) in [6.07, 6.45) is 0.789. The summed E-state index contributed by atoms with van der Waals surface area (Å²) in [5, 5.41) is 1.47. The third kappa shape index (κ3) is 4.61. The molecule has 0 aliphatic rings. The fourth-order valence-electron chi connectivity index (χ4n) is 1.70. The van der Waals surface area contributed by atoms with Crippen LogP contribution in [-0.4, -0.2) is 26.1 Å². The monoisotopic (exact) mass is 332 g/mol. The molecule has 7 heteroatoms. The first-order chi connectivity index (χ1) is 9.66. The zero-order valence-electron chi connectivity index (χ0n) is 12.4. The Balaban J connectivity index is 2.91. The number of nitrogen functional groups attached to an aromatic ring is 1. The van der Waals surface area contributed by atoms with Crippen molar-refractivity contribution in [3.8, 4) is 0 Å². The van der Waals surface area contributed by atoms with Gasteiger partial charge in [-0.3, -0.25) is 4.79 Å². The summed E-state index contributed by atoms with van der Waals surface area (Å²) in [4.78, 5) is 11.9. The van der Waals surface area contributed by atoms with Crippen molar-refractivity contribution in [2.75, 3.05) is 12.3 Å². The van der Waals surface area contributed by atoms with E-state index in [1.54, 1.807) is 0 Å². The number of hydrogen-bond acceptors (Lipinski definition) is 4. The number of nitrogens with one attached hydrogen (secondary N) is 1. The van der Waals surface area contributed by atoms with Crippen molar-refractivity contribution in [2.24, 2.45) is 5.92 Å². The van der Waals surface area contributed by atoms with Crippen LogP contribution in [0, 0.1) is 5.92 Å². The number of sulfone groups is 1. The molecule has 0 bridgehead atoms. The molecule has 0 saturated heterocycles. The molecule has 0 spiro atoms. The first-order valence-electron chi connectivity index (χ1n) is 6.73. The minimum absolute atomic E-state index is 0.0611. The molecule has 0 aromatic heterocycles. The minimum Gasteiger partial charge on any atom is -0.399 e. The molecular weight excluding hydrogens is 312 g/mol. The van der Waals surface area contributed by atoms with E-state index in [2.05, 4.69) is 5.32 Å². The smallest absolute Gasteiger partial charge is 0.238 e. The molecule has 21 heavy (non-hydrogen) atoms. The Morgan fingerprint density at radius 3 is 2.52 bits per heavy atom. The Hall–Kier alpha value is -1.27. The highest BCUT2D eigenvalue weighted by atomic mass is 35.5. The van der Waals surface area contributed by atoms with Crippen LogP contribution in [0.4, 0.5) is 5.69 Å². The molecule has 0 saturated carbocycles. The Labute approximate surface area is 130 Å². The van der Waals surface area contributed by atoms with E-state index in [0.29, 0.717) is 12.5 Å². The van der Waals surface area contributed by atoms with E-state index in [1.807, 2.05) is 13.8 Å². The quantitative estimate of drug-likeness (QED) is 0.782. The van der Waals surface area contributed by atoms with Crippen LogP contribution in [-0.2, 0) is 14.6 Å². The van der Waals surface area contributed by atoms with Gasteiger partial charge in [0.25, 0.3) is 0 Å². The van der Waals surface area contributed by atoms with Gasteiger partial charge in [0.1, 0.15) is 5.25 Å². The summed E-state index contributed by atoms with van der Waals surface area (Å²) in [6, 6.07) is 4.19. The molecule has 1 rings (SSSR count). The Morgan fingerprint density at radius 2 is 1.95 bits per heavy atom. The van der Waals surface area contributed by atoms with Gasteiger partial charge in [-0.2, -0.15) is 0 Å². The van der Waals surface area contributed by atoms with Gasteiger partial charge in [0.2, 0.25) is 5.91 Å². The zero-order valence-corrected chi connectivity index (χ0v) is 14.0. The molecule has 0 aliphatic carbocycles. The molecule has 1 aromatic carbocycles. The van der Waals surface area contributed by atoms with Gasteiger partial charge in [-0.25, -0.2) is 8.42 Å². The second kappa shape index (κ2) is 7.13. The van der Waals surface area contributed by atoms with E-state index in [1.165, 1.54) is 25.1 Å². The van der Waals surface area contributed by atoms with Crippen LogP contribution in [0.1, 0.15) is 27.2 Å². The van der Waals surface area contributed by atoms with Crippen LogP contribution >= 0.6 is 11.6 Å². The Bertz CT molecular complexity index is 615. The highest BCUT2D eigenvalue weighted by Crippen LogP contribution is 2.27. The van der Waals surface area contributed by atoms with E-state index in [0.717, 1.165) is 6.42 Å². The van der Waals surface area contributed by atoms with Crippen molar-refractivity contribution < 1.29 is 13.2 Å². The zero-order chi connectivity index (χ0) is 16.2. The first-order valence-corrected chi connectivity index (χ1v) is 8.65. The van der Waals surface area contributed by atoms with E-state index >= 15 is 0 Å². The molecule has 0 fully saturated rings. The standard InChI is InChI=1S/C14H21ClN2O3S/c1-9(2)6-7-17-14(18)10(3)21(19,20)13-8-11(16)4-5-12(13)15/h4-5,8-10H,6-7,16H2,1-3H3,(H,17,18). The lowest BCUT2D eigenvalue weighted by Gasteiger charge is -2.15. The highest BCUT2D eigenvalue weighted by molar-refractivity contribution is 7.92. The van der Waals surface area contributed by atoms with Crippen molar-refractivity contribution in [1.82, 2.24) is 5.32 Å². The third-order valence-corrected chi connectivity index (χ3v) is 5.65. The molecule has 1 amide bonds. The van der Waals surface area contributed by atoms with Gasteiger partial charge in [0.05, 0.1) is 9.92 Å². The lowest BCUT2D eigenvalue weighted by Crippen LogP contribution is -2.38. The first kappa shape index (κ1) is 17.8. The van der Waals surface area contributed by atoms with Crippen molar-refractivity contribution in [1.29, 1.82) is 0 Å². The fraction of sp³-hybridized carbons (Fsp3) is 0.500. The highest BCUT2D eigenvalue weighted by Gasteiger charge is 2.31. The molecule has 1 atom stereocenters. The summed E-state index contributed by atoms with van der Waals surface area (Å²) in [6.45, 7) is 5.85. The Kier molecular flexibility index (Phi) is 6.04. The average molecular weight is 333 g/mol. The number of nitrogens with two attached hydrogens (primary N) is 1. The van der Waals surface area contributed by atoms with Crippen molar-refractivity contribution >= 4 is 33.0 Å². The maximum absolute atomic E-state index is 12.4. The Morgan fingerprint density at radius 1 is 1.33 bits per heavy atom. The van der Waals surface area contributed by atoms with Crippen LogP contribution in [0.5, 0.6) is 0 Å². The number of benzene rings is 1. The lowest BCUT2D eigenvalue weighted by atomic mass is 10.1. The molecule has 3 N–H and O–H groups in total. The van der Waals surface area contributed by atoms with Gasteiger partial charge in [0, 0.05) is 12.2 Å². The lowest BCUT2D eigenvalue weighted by molar-refractivity contribution is -0.120. The number of anilines is 1. The SMILES string of the molecule is CC(C)CCNC(=O)C(C)S(=O)(=O)c1cc(N)ccc1Cl. The molecule has 1 aromatic rings. The second-order valence-electron chi connectivity index (χ2n) is 5.35. The predicted octanol–water partition coefficient (Wildman–Crippen LogP) is 2.25. The van der Waals surface area contributed by atoms with Crippen LogP contribution in [0.15, 0.2) is 23.1 Å². The molecule has 5 nitrogen and oxygen atoms in total. The summed E-state index contributed by atoms with van der Waals surface area (Å²) in [5.74, 6) is -0.102. The molecule has 1 unspecified atom stereocenters. The number of amides is 1. The average Bonchev–Trinajstić information content (AvgIpc) is 2.39. The van der Waals surface area contributed by atoms with E-state index < -0.39 is 21.0 Å². The van der Waals surface area contributed by atoms with E-state index in [4.69, 9.17) is 17.3 Å². The summed E-state index contributed by atoms with van der Waals surface area (Å²) in [7, 11) is -3.87. The van der Waals surface area contributed by atoms with Gasteiger partial charge < -0.3 is 11.1 Å². The largest absolute Gasteiger partial charge is 0.399 e. The number of rotatable bonds is 6. The fourth-order valence-corrected chi connectivity index (χ4v) is 3.52. The van der Waals surface area contributed by atoms with Crippen molar-refractivity contribution in [3.05, 3.63) is 23.2 Å². The summed E-state index contributed by atoms with van der Waals surface area (Å²) in [5.41, 5.74) is 5.87. The molecule has 118 valence electrons. The van der Waals surface area contributed by atoms with Crippen LogP contribution in [0.3, 0.4) is 0 Å². The number of carbonyl (C=O) groups excluding carboxylic acids is 1. The van der Waals surface area contributed by atoms with Gasteiger partial charge in [-0.15, -0.1) is 0 Å². The third-order valence-electron chi connectivity index (χ3n) is 3.12. The van der Waals surface area contributed by atoms with Crippen molar-refractivity contribution in [3.63, 3.8) is 0 Å².